The van der Waals surface area contributed by atoms with Crippen molar-refractivity contribution in [2.75, 3.05) is 0 Å². The van der Waals surface area contributed by atoms with Crippen LogP contribution < -0.4 is 0 Å². The van der Waals surface area contributed by atoms with E-state index in [9.17, 15) is 4.79 Å². The van der Waals surface area contributed by atoms with E-state index >= 15 is 0 Å². The van der Waals surface area contributed by atoms with Gasteiger partial charge in [0.25, 0.3) is 0 Å². The molecule has 0 spiro atoms. The Bertz CT molecular complexity index is 681. The van der Waals surface area contributed by atoms with Gasteiger partial charge in [-0.3, -0.25) is 0 Å². The minimum absolute atomic E-state index is 0.381. The van der Waals surface area contributed by atoms with Gasteiger partial charge in [-0.15, -0.1) is 22.7 Å². The van der Waals surface area contributed by atoms with E-state index in [0.29, 0.717) is 11.3 Å². The van der Waals surface area contributed by atoms with E-state index in [-0.39, 0.29) is 0 Å². The van der Waals surface area contributed by atoms with Crippen molar-refractivity contribution in [3.63, 3.8) is 0 Å². The molecule has 0 amide bonds. The Morgan fingerprint density at radius 2 is 2.00 bits per heavy atom. The summed E-state index contributed by atoms with van der Waals surface area (Å²) in [6.07, 6.45) is 0.706. The molecule has 0 aliphatic carbocycles. The Balaban J connectivity index is 1.88. The fourth-order valence-corrected chi connectivity index (χ4v) is 3.67. The molecule has 1 N–H and O–H groups in total. The van der Waals surface area contributed by atoms with Gasteiger partial charge < -0.3 is 5.11 Å². The SMILES string of the molecule is O=C(O)c1ccc(Cc2nc3ccccc3s2)s1. The molecule has 18 heavy (non-hydrogen) atoms. The van der Waals surface area contributed by atoms with Gasteiger partial charge in [-0.05, 0) is 24.3 Å². The number of aromatic carboxylic acids is 1. The molecule has 0 aliphatic heterocycles. The number of nitrogens with zero attached hydrogens (tertiary/aromatic N) is 1. The standard InChI is InChI=1S/C13H9NO2S2/c15-13(16)11-6-5-8(17-11)7-12-14-9-3-1-2-4-10(9)18-12/h1-6H,7H2,(H,15,16). The highest BCUT2D eigenvalue weighted by molar-refractivity contribution is 7.19. The number of thiophene rings is 1. The molecule has 0 bridgehead atoms. The van der Waals surface area contributed by atoms with E-state index in [1.807, 2.05) is 30.3 Å². The lowest BCUT2D eigenvalue weighted by Crippen LogP contribution is -1.89. The van der Waals surface area contributed by atoms with E-state index in [2.05, 4.69) is 4.98 Å². The van der Waals surface area contributed by atoms with Crippen LogP contribution in [0.5, 0.6) is 0 Å². The fourth-order valence-electron chi connectivity index (χ4n) is 1.73. The Morgan fingerprint density at radius 3 is 2.72 bits per heavy atom. The molecule has 0 radical (unpaired) electrons. The van der Waals surface area contributed by atoms with E-state index in [0.717, 1.165) is 15.4 Å². The first-order chi connectivity index (χ1) is 8.72. The number of aromatic nitrogens is 1. The lowest BCUT2D eigenvalue weighted by molar-refractivity contribution is 0.0702. The van der Waals surface area contributed by atoms with Gasteiger partial charge in [-0.2, -0.15) is 0 Å². The molecular formula is C13H9NO2S2. The van der Waals surface area contributed by atoms with Crippen molar-refractivity contribution >= 4 is 38.9 Å². The van der Waals surface area contributed by atoms with Gasteiger partial charge in [-0.25, -0.2) is 9.78 Å². The minimum atomic E-state index is -0.865. The fraction of sp³-hybridized carbons (Fsp3) is 0.0769. The normalized spacial score (nSPS) is 10.9. The van der Waals surface area contributed by atoms with Gasteiger partial charge in [-0.1, -0.05) is 12.1 Å². The van der Waals surface area contributed by atoms with Crippen molar-refractivity contribution in [3.8, 4) is 0 Å². The van der Waals surface area contributed by atoms with Crippen LogP contribution in [0.2, 0.25) is 0 Å². The molecule has 1 aromatic carbocycles. The zero-order chi connectivity index (χ0) is 12.5. The van der Waals surface area contributed by atoms with Crippen LogP contribution in [0.4, 0.5) is 0 Å². The highest BCUT2D eigenvalue weighted by Crippen LogP contribution is 2.26. The van der Waals surface area contributed by atoms with Crippen molar-refractivity contribution in [2.45, 2.75) is 6.42 Å². The second kappa shape index (κ2) is 4.51. The number of rotatable bonds is 3. The molecule has 3 rings (SSSR count). The van der Waals surface area contributed by atoms with Crippen molar-refractivity contribution in [2.24, 2.45) is 0 Å². The average molecular weight is 275 g/mol. The van der Waals surface area contributed by atoms with Gasteiger partial charge in [0, 0.05) is 11.3 Å². The third kappa shape index (κ3) is 2.14. The Labute approximate surface area is 111 Å². The summed E-state index contributed by atoms with van der Waals surface area (Å²) in [5, 5.41) is 9.90. The number of carboxylic acids is 1. The van der Waals surface area contributed by atoms with Crippen molar-refractivity contribution in [1.82, 2.24) is 4.98 Å². The molecule has 2 heterocycles. The van der Waals surface area contributed by atoms with Crippen LogP contribution >= 0.6 is 22.7 Å². The van der Waals surface area contributed by atoms with E-state index in [1.165, 1.54) is 16.0 Å². The zero-order valence-electron chi connectivity index (χ0n) is 9.29. The summed E-state index contributed by atoms with van der Waals surface area (Å²) in [6.45, 7) is 0. The summed E-state index contributed by atoms with van der Waals surface area (Å²) >= 11 is 2.97. The first-order valence-corrected chi connectivity index (χ1v) is 7.02. The monoisotopic (exact) mass is 275 g/mol. The van der Waals surface area contributed by atoms with Gasteiger partial charge in [0.15, 0.2) is 0 Å². The Morgan fingerprint density at radius 1 is 1.17 bits per heavy atom. The molecule has 0 atom stereocenters. The van der Waals surface area contributed by atoms with Crippen molar-refractivity contribution < 1.29 is 9.90 Å². The lowest BCUT2D eigenvalue weighted by Gasteiger charge is -1.90. The number of carbonyl (C=O) groups is 1. The third-order valence-electron chi connectivity index (χ3n) is 2.54. The van der Waals surface area contributed by atoms with Crippen molar-refractivity contribution in [3.05, 3.63) is 51.2 Å². The van der Waals surface area contributed by atoms with Gasteiger partial charge in [0.05, 0.1) is 15.2 Å². The summed E-state index contributed by atoms with van der Waals surface area (Å²) in [5.41, 5.74) is 1.01. The first-order valence-electron chi connectivity index (χ1n) is 5.39. The predicted octanol–water partition coefficient (Wildman–Crippen LogP) is 3.65. The van der Waals surface area contributed by atoms with Gasteiger partial charge in [0.2, 0.25) is 0 Å². The molecule has 0 saturated carbocycles. The van der Waals surface area contributed by atoms with Crippen LogP contribution in [-0.4, -0.2) is 16.1 Å². The number of para-hydroxylation sites is 1. The smallest absolute Gasteiger partial charge is 0.345 e. The summed E-state index contributed by atoms with van der Waals surface area (Å²) < 4.78 is 1.17. The number of benzene rings is 1. The van der Waals surface area contributed by atoms with Crippen LogP contribution in [0.25, 0.3) is 10.2 Å². The summed E-state index contributed by atoms with van der Waals surface area (Å²) in [5.74, 6) is -0.865. The topological polar surface area (TPSA) is 50.2 Å². The van der Waals surface area contributed by atoms with Crippen molar-refractivity contribution in [1.29, 1.82) is 0 Å². The average Bonchev–Trinajstić information content (AvgIpc) is 2.94. The number of hydrogen-bond acceptors (Lipinski definition) is 4. The molecule has 0 unspecified atom stereocenters. The minimum Gasteiger partial charge on any atom is -0.477 e. The maximum atomic E-state index is 10.8. The third-order valence-corrected chi connectivity index (χ3v) is 4.65. The molecule has 0 fully saturated rings. The Kier molecular flexibility index (Phi) is 2.85. The number of hydrogen-bond donors (Lipinski definition) is 1. The maximum Gasteiger partial charge on any atom is 0.345 e. The first kappa shape index (κ1) is 11.4. The lowest BCUT2D eigenvalue weighted by atomic mass is 10.3. The van der Waals surface area contributed by atoms with Crippen LogP contribution in [-0.2, 0) is 6.42 Å². The zero-order valence-corrected chi connectivity index (χ0v) is 10.9. The largest absolute Gasteiger partial charge is 0.477 e. The van der Waals surface area contributed by atoms with Crippen LogP contribution in [0.15, 0.2) is 36.4 Å². The molecular weight excluding hydrogens is 266 g/mol. The van der Waals surface area contributed by atoms with Crippen LogP contribution in [0.1, 0.15) is 19.6 Å². The molecule has 0 aliphatic rings. The molecule has 90 valence electrons. The highest BCUT2D eigenvalue weighted by Gasteiger charge is 2.09. The second-order valence-corrected chi connectivity index (χ2v) is 6.11. The van der Waals surface area contributed by atoms with E-state index in [1.54, 1.807) is 17.4 Å². The quantitative estimate of drug-likeness (QED) is 0.793. The van der Waals surface area contributed by atoms with E-state index in [4.69, 9.17) is 5.11 Å². The summed E-state index contributed by atoms with van der Waals surface area (Å²) in [6, 6.07) is 11.5. The number of fused-ring (bicyclic) bond motifs is 1. The number of carboxylic acid groups (broad SMARTS) is 1. The summed E-state index contributed by atoms with van der Waals surface area (Å²) in [4.78, 5) is 16.8. The molecule has 5 heteroatoms. The van der Waals surface area contributed by atoms with Crippen LogP contribution in [0.3, 0.4) is 0 Å². The van der Waals surface area contributed by atoms with E-state index < -0.39 is 5.97 Å². The maximum absolute atomic E-state index is 10.8. The molecule has 3 nitrogen and oxygen atoms in total. The van der Waals surface area contributed by atoms with Crippen LogP contribution in [0, 0.1) is 0 Å². The second-order valence-electron chi connectivity index (χ2n) is 3.82. The number of thiazole rings is 1. The van der Waals surface area contributed by atoms with Gasteiger partial charge >= 0.3 is 5.97 Å². The predicted molar refractivity (Wildman–Crippen MR) is 73.7 cm³/mol. The molecule has 3 aromatic rings. The Hall–Kier alpha value is -1.72. The molecule has 0 saturated heterocycles. The molecule has 2 aromatic heterocycles. The summed E-state index contributed by atoms with van der Waals surface area (Å²) in [7, 11) is 0. The highest BCUT2D eigenvalue weighted by atomic mass is 32.1. The van der Waals surface area contributed by atoms with Gasteiger partial charge in [0.1, 0.15) is 4.88 Å².